The monoisotopic (exact) mass is 437 g/mol. The number of rotatable bonds is 9. The fourth-order valence-corrected chi connectivity index (χ4v) is 3.90. The Bertz CT molecular complexity index is 666. The van der Waals surface area contributed by atoms with Gasteiger partial charge in [0.2, 0.25) is 11.8 Å². The van der Waals surface area contributed by atoms with Gasteiger partial charge in [-0.25, -0.2) is 4.79 Å². The Kier molecular flexibility index (Phi) is 10.2. The molecule has 1 heterocycles. The number of piperidine rings is 1. The van der Waals surface area contributed by atoms with E-state index < -0.39 is 23.5 Å². The molecular weight excluding hydrogens is 394 g/mol. The molecule has 178 valence electrons. The number of hydrogen-bond donors (Lipinski definition) is 3. The van der Waals surface area contributed by atoms with Crippen molar-refractivity contribution in [1.82, 2.24) is 15.5 Å². The Morgan fingerprint density at radius 2 is 1.74 bits per heavy atom. The van der Waals surface area contributed by atoms with Crippen molar-refractivity contribution in [1.29, 1.82) is 0 Å². The van der Waals surface area contributed by atoms with Crippen molar-refractivity contribution in [3.8, 4) is 0 Å². The summed E-state index contributed by atoms with van der Waals surface area (Å²) in [5.41, 5.74) is -0.315. The molecule has 0 saturated carbocycles. The first kappa shape index (κ1) is 27.1. The van der Waals surface area contributed by atoms with Gasteiger partial charge >= 0.3 is 5.97 Å². The summed E-state index contributed by atoms with van der Waals surface area (Å²) < 4.78 is 0. The summed E-state index contributed by atoms with van der Waals surface area (Å²) in [5, 5.41) is 15.2. The van der Waals surface area contributed by atoms with Gasteiger partial charge in [-0.3, -0.25) is 14.5 Å². The van der Waals surface area contributed by atoms with E-state index in [1.807, 2.05) is 34.6 Å². The number of aliphatic carboxylic acids is 1. The lowest BCUT2D eigenvalue weighted by Crippen LogP contribution is -2.60. The molecule has 7 nitrogen and oxygen atoms in total. The van der Waals surface area contributed by atoms with Crippen molar-refractivity contribution in [3.63, 3.8) is 0 Å². The van der Waals surface area contributed by atoms with E-state index >= 15 is 0 Å². The van der Waals surface area contributed by atoms with Crippen LogP contribution in [0.5, 0.6) is 0 Å². The van der Waals surface area contributed by atoms with E-state index in [2.05, 4.69) is 29.4 Å². The number of carbonyl (C=O) groups excluding carboxylic acids is 2. The van der Waals surface area contributed by atoms with Gasteiger partial charge in [-0.1, -0.05) is 54.0 Å². The summed E-state index contributed by atoms with van der Waals surface area (Å²) in [6.07, 6.45) is 5.43. The molecule has 0 aromatic carbocycles. The van der Waals surface area contributed by atoms with Crippen molar-refractivity contribution < 1.29 is 19.5 Å². The normalized spacial score (nSPS) is 21.3. The third-order valence-corrected chi connectivity index (χ3v) is 6.21. The standard InChI is InChI=1S/C24H43N3O4/c1-9-17(5)27-13-11-10-12-19(27)21(28)26-20(24(6,7)8)22(29)25-18(15(2)3)14-16(4)23(30)31/h14-15,17-20H,9-13H2,1-8H3,(H,25,29)(H,26,28)(H,30,31)/t17?,18-,19?,20-/m1/s1. The smallest absolute Gasteiger partial charge is 0.331 e. The van der Waals surface area contributed by atoms with E-state index in [4.69, 9.17) is 0 Å². The number of nitrogens with zero attached hydrogens (tertiary/aromatic N) is 1. The number of likely N-dealkylation sites (tertiary alicyclic amines) is 1. The zero-order valence-corrected chi connectivity index (χ0v) is 20.6. The predicted molar refractivity (Wildman–Crippen MR) is 124 cm³/mol. The third-order valence-electron chi connectivity index (χ3n) is 6.21. The van der Waals surface area contributed by atoms with E-state index in [1.165, 1.54) is 6.92 Å². The molecule has 1 aliphatic rings. The number of carboxylic acid groups (broad SMARTS) is 1. The molecule has 0 aromatic rings. The van der Waals surface area contributed by atoms with Crippen LogP contribution in [-0.4, -0.2) is 58.5 Å². The van der Waals surface area contributed by atoms with Gasteiger partial charge in [-0.15, -0.1) is 0 Å². The summed E-state index contributed by atoms with van der Waals surface area (Å²) in [6.45, 7) is 16.3. The first-order valence-corrected chi connectivity index (χ1v) is 11.6. The van der Waals surface area contributed by atoms with Gasteiger partial charge < -0.3 is 15.7 Å². The van der Waals surface area contributed by atoms with Crippen molar-refractivity contribution in [2.75, 3.05) is 6.54 Å². The molecule has 2 unspecified atom stereocenters. The maximum Gasteiger partial charge on any atom is 0.331 e. The molecule has 2 amide bonds. The van der Waals surface area contributed by atoms with Crippen LogP contribution in [0.15, 0.2) is 11.6 Å². The third kappa shape index (κ3) is 7.95. The van der Waals surface area contributed by atoms with Crippen LogP contribution < -0.4 is 10.6 Å². The second-order valence-electron chi connectivity index (χ2n) is 10.2. The summed E-state index contributed by atoms with van der Waals surface area (Å²) in [4.78, 5) is 40.0. The van der Waals surface area contributed by atoms with Gasteiger partial charge in [-0.2, -0.15) is 0 Å². The molecule has 7 heteroatoms. The minimum atomic E-state index is -1.01. The number of hydrogen-bond acceptors (Lipinski definition) is 4. The van der Waals surface area contributed by atoms with Crippen molar-refractivity contribution >= 4 is 17.8 Å². The van der Waals surface area contributed by atoms with Gasteiger partial charge in [-0.05, 0) is 51.0 Å². The number of amides is 2. The Hall–Kier alpha value is -1.89. The van der Waals surface area contributed by atoms with E-state index in [0.717, 1.165) is 32.2 Å². The molecule has 1 aliphatic heterocycles. The van der Waals surface area contributed by atoms with Gasteiger partial charge in [0.1, 0.15) is 6.04 Å². The molecule has 1 saturated heterocycles. The van der Waals surface area contributed by atoms with Gasteiger partial charge in [0.25, 0.3) is 0 Å². The van der Waals surface area contributed by atoms with Crippen molar-refractivity contribution in [2.24, 2.45) is 11.3 Å². The summed E-state index contributed by atoms with van der Waals surface area (Å²) in [6, 6.07) is -1.07. The number of carboxylic acids is 1. The van der Waals surface area contributed by atoms with Crippen molar-refractivity contribution in [2.45, 2.75) is 105 Å². The Labute approximate surface area is 188 Å². The SMILES string of the molecule is CCC(C)N1CCCCC1C(=O)N[C@H](C(=O)N[C@H](C=C(C)C(=O)O)C(C)C)C(C)(C)C. The van der Waals surface area contributed by atoms with Crippen LogP contribution in [-0.2, 0) is 14.4 Å². The molecule has 3 N–H and O–H groups in total. The van der Waals surface area contributed by atoms with Gasteiger partial charge in [0, 0.05) is 11.6 Å². The summed E-state index contributed by atoms with van der Waals surface area (Å²) in [7, 11) is 0. The number of nitrogens with one attached hydrogen (secondary N) is 2. The van der Waals surface area contributed by atoms with E-state index in [1.54, 1.807) is 6.08 Å². The highest BCUT2D eigenvalue weighted by Crippen LogP contribution is 2.24. The maximum atomic E-state index is 13.3. The highest BCUT2D eigenvalue weighted by atomic mass is 16.4. The molecule has 1 rings (SSSR count). The lowest BCUT2D eigenvalue weighted by atomic mass is 9.85. The molecule has 0 bridgehead atoms. The van der Waals surface area contributed by atoms with Crippen LogP contribution in [0.25, 0.3) is 0 Å². The van der Waals surface area contributed by atoms with E-state index in [9.17, 15) is 19.5 Å². The van der Waals surface area contributed by atoms with E-state index in [-0.39, 0.29) is 29.3 Å². The summed E-state index contributed by atoms with van der Waals surface area (Å²) in [5.74, 6) is -1.40. The second kappa shape index (κ2) is 11.7. The second-order valence-corrected chi connectivity index (χ2v) is 10.2. The fraction of sp³-hybridized carbons (Fsp3) is 0.792. The van der Waals surface area contributed by atoms with Crippen LogP contribution in [0.2, 0.25) is 0 Å². The Morgan fingerprint density at radius 1 is 1.13 bits per heavy atom. The van der Waals surface area contributed by atoms with Gasteiger partial charge in [0.15, 0.2) is 0 Å². The Morgan fingerprint density at radius 3 is 2.23 bits per heavy atom. The van der Waals surface area contributed by atoms with Crippen LogP contribution in [0.1, 0.15) is 81.1 Å². The average molecular weight is 438 g/mol. The van der Waals surface area contributed by atoms with Crippen LogP contribution in [0, 0.1) is 11.3 Å². The molecule has 0 aromatic heterocycles. The van der Waals surface area contributed by atoms with E-state index in [0.29, 0.717) is 6.04 Å². The number of carbonyl (C=O) groups is 3. The molecule has 31 heavy (non-hydrogen) atoms. The Balaban J connectivity index is 3.04. The molecule has 1 fully saturated rings. The molecule has 4 atom stereocenters. The van der Waals surface area contributed by atoms with Crippen LogP contribution in [0.4, 0.5) is 0 Å². The maximum absolute atomic E-state index is 13.3. The first-order chi connectivity index (χ1) is 14.3. The molecule has 0 spiro atoms. The highest BCUT2D eigenvalue weighted by Gasteiger charge is 2.38. The average Bonchev–Trinajstić information content (AvgIpc) is 2.69. The highest BCUT2D eigenvalue weighted by molar-refractivity contribution is 5.91. The first-order valence-electron chi connectivity index (χ1n) is 11.6. The largest absolute Gasteiger partial charge is 0.478 e. The van der Waals surface area contributed by atoms with Crippen molar-refractivity contribution in [3.05, 3.63) is 11.6 Å². The van der Waals surface area contributed by atoms with Crippen LogP contribution >= 0.6 is 0 Å². The summed E-state index contributed by atoms with van der Waals surface area (Å²) >= 11 is 0. The fourth-order valence-electron chi connectivity index (χ4n) is 3.90. The lowest BCUT2D eigenvalue weighted by molar-refractivity contribution is -0.136. The minimum Gasteiger partial charge on any atom is -0.478 e. The lowest BCUT2D eigenvalue weighted by Gasteiger charge is -2.40. The molecule has 0 aliphatic carbocycles. The minimum absolute atomic E-state index is 0.00816. The molecule has 0 radical (unpaired) electrons. The zero-order valence-electron chi connectivity index (χ0n) is 20.6. The predicted octanol–water partition coefficient (Wildman–Crippen LogP) is 3.34. The molecular formula is C24H43N3O4. The van der Waals surface area contributed by atoms with Gasteiger partial charge in [0.05, 0.1) is 12.1 Å². The quantitative estimate of drug-likeness (QED) is 0.481. The zero-order chi connectivity index (χ0) is 23.9. The van der Waals surface area contributed by atoms with Crippen LogP contribution in [0.3, 0.4) is 0 Å². The topological polar surface area (TPSA) is 98.7 Å².